The molecule has 6 nitrogen and oxygen atoms in total. The maximum Gasteiger partial charge on any atom is 0.270 e. The van der Waals surface area contributed by atoms with Gasteiger partial charge < -0.3 is 21.4 Å². The van der Waals surface area contributed by atoms with Gasteiger partial charge >= 0.3 is 0 Å². The molecule has 1 aliphatic rings. The lowest BCUT2D eigenvalue weighted by Gasteiger charge is -2.33. The van der Waals surface area contributed by atoms with Crippen LogP contribution in [0.2, 0.25) is 0 Å². The molecule has 2 aromatic rings. The van der Waals surface area contributed by atoms with E-state index >= 15 is 0 Å². The standard InChI is InChI=1S/C15H18N4O2/c16-10-5-3-4-9-8-11(18-13(9)10)15(21)19-7-2-1-6-12(19)14(17)20/h3-5,8,12,18H,1-2,6-7,16H2,(H2,17,20). The van der Waals surface area contributed by atoms with E-state index in [-0.39, 0.29) is 5.91 Å². The SMILES string of the molecule is NC(=O)C1CCCCN1C(=O)c1cc2cccc(N)c2[nH]1. The van der Waals surface area contributed by atoms with Crippen LogP contribution in [0.15, 0.2) is 24.3 Å². The van der Waals surface area contributed by atoms with Crippen molar-refractivity contribution in [2.45, 2.75) is 25.3 Å². The molecular weight excluding hydrogens is 268 g/mol. The summed E-state index contributed by atoms with van der Waals surface area (Å²) in [5.41, 5.74) is 13.1. The van der Waals surface area contributed by atoms with E-state index in [2.05, 4.69) is 4.98 Å². The number of primary amides is 1. The predicted octanol–water partition coefficient (Wildman–Crippen LogP) is 1.23. The second-order valence-electron chi connectivity index (χ2n) is 5.41. The monoisotopic (exact) mass is 286 g/mol. The van der Waals surface area contributed by atoms with Gasteiger partial charge in [-0.25, -0.2) is 0 Å². The molecule has 1 fully saturated rings. The normalized spacial score (nSPS) is 18.9. The number of nitrogen functional groups attached to an aromatic ring is 1. The van der Waals surface area contributed by atoms with Crippen LogP contribution in [0.25, 0.3) is 10.9 Å². The zero-order valence-corrected chi connectivity index (χ0v) is 11.6. The summed E-state index contributed by atoms with van der Waals surface area (Å²) in [6.45, 7) is 0.553. The molecule has 2 heterocycles. The highest BCUT2D eigenvalue weighted by molar-refractivity contribution is 6.02. The Labute approximate surface area is 122 Å². The van der Waals surface area contributed by atoms with E-state index in [1.807, 2.05) is 12.1 Å². The number of nitrogens with two attached hydrogens (primary N) is 2. The lowest BCUT2D eigenvalue weighted by atomic mass is 10.0. The number of benzene rings is 1. The summed E-state index contributed by atoms with van der Waals surface area (Å²) < 4.78 is 0. The van der Waals surface area contributed by atoms with Gasteiger partial charge in [0.25, 0.3) is 5.91 Å². The van der Waals surface area contributed by atoms with Gasteiger partial charge in [0.15, 0.2) is 0 Å². The maximum absolute atomic E-state index is 12.6. The van der Waals surface area contributed by atoms with E-state index < -0.39 is 11.9 Å². The zero-order chi connectivity index (χ0) is 15.0. The van der Waals surface area contributed by atoms with Crippen LogP contribution in [0.4, 0.5) is 5.69 Å². The van der Waals surface area contributed by atoms with Crippen LogP contribution >= 0.6 is 0 Å². The van der Waals surface area contributed by atoms with Gasteiger partial charge in [-0.05, 0) is 31.4 Å². The molecule has 1 atom stereocenters. The molecule has 1 aromatic carbocycles. The number of fused-ring (bicyclic) bond motifs is 1. The first-order valence-corrected chi connectivity index (χ1v) is 7.05. The molecule has 0 radical (unpaired) electrons. The first kappa shape index (κ1) is 13.5. The highest BCUT2D eigenvalue weighted by atomic mass is 16.2. The Hall–Kier alpha value is -2.50. The Morgan fingerprint density at radius 2 is 2.10 bits per heavy atom. The van der Waals surface area contributed by atoms with Gasteiger partial charge in [-0.1, -0.05) is 12.1 Å². The molecular formula is C15H18N4O2. The molecule has 1 aliphatic heterocycles. The van der Waals surface area contributed by atoms with Crippen molar-refractivity contribution in [2.75, 3.05) is 12.3 Å². The fourth-order valence-corrected chi connectivity index (χ4v) is 2.92. The van der Waals surface area contributed by atoms with Gasteiger partial charge in [0.2, 0.25) is 5.91 Å². The quantitative estimate of drug-likeness (QED) is 0.723. The van der Waals surface area contributed by atoms with Gasteiger partial charge in [0, 0.05) is 11.9 Å². The highest BCUT2D eigenvalue weighted by Gasteiger charge is 2.31. The number of hydrogen-bond acceptors (Lipinski definition) is 3. The third kappa shape index (κ3) is 2.33. The lowest BCUT2D eigenvalue weighted by molar-refractivity contribution is -0.123. The van der Waals surface area contributed by atoms with Crippen LogP contribution in [-0.4, -0.2) is 34.3 Å². The van der Waals surface area contributed by atoms with E-state index in [9.17, 15) is 9.59 Å². The van der Waals surface area contributed by atoms with Crippen molar-refractivity contribution in [1.29, 1.82) is 0 Å². The summed E-state index contributed by atoms with van der Waals surface area (Å²) in [6.07, 6.45) is 2.43. The molecule has 3 rings (SSSR count). The number of anilines is 1. The van der Waals surface area contributed by atoms with Crippen LogP contribution in [0.1, 0.15) is 29.8 Å². The molecule has 0 bridgehead atoms. The number of hydrogen-bond donors (Lipinski definition) is 3. The number of aromatic amines is 1. The fourth-order valence-electron chi connectivity index (χ4n) is 2.92. The largest absolute Gasteiger partial charge is 0.397 e. The van der Waals surface area contributed by atoms with Gasteiger partial charge in [0.05, 0.1) is 11.2 Å². The minimum Gasteiger partial charge on any atom is -0.397 e. The minimum absolute atomic E-state index is 0.200. The lowest BCUT2D eigenvalue weighted by Crippen LogP contribution is -2.50. The molecule has 110 valence electrons. The molecule has 0 saturated carbocycles. The summed E-state index contributed by atoms with van der Waals surface area (Å²) in [7, 11) is 0. The Morgan fingerprint density at radius 1 is 1.29 bits per heavy atom. The molecule has 0 spiro atoms. The molecule has 1 saturated heterocycles. The van der Waals surface area contributed by atoms with Crippen molar-refractivity contribution in [1.82, 2.24) is 9.88 Å². The van der Waals surface area contributed by atoms with E-state index in [0.29, 0.717) is 24.3 Å². The number of piperidine rings is 1. The molecule has 2 amide bonds. The van der Waals surface area contributed by atoms with Gasteiger partial charge in [-0.2, -0.15) is 0 Å². The Bertz CT molecular complexity index is 707. The number of nitrogens with one attached hydrogen (secondary N) is 1. The first-order valence-electron chi connectivity index (χ1n) is 7.05. The zero-order valence-electron chi connectivity index (χ0n) is 11.6. The van der Waals surface area contributed by atoms with Crippen molar-refractivity contribution >= 4 is 28.4 Å². The second-order valence-corrected chi connectivity index (χ2v) is 5.41. The number of carbonyl (C=O) groups excluding carboxylic acids is 2. The van der Waals surface area contributed by atoms with Crippen molar-refractivity contribution in [2.24, 2.45) is 5.73 Å². The fraction of sp³-hybridized carbons (Fsp3) is 0.333. The minimum atomic E-state index is -0.519. The summed E-state index contributed by atoms with van der Waals surface area (Å²) in [5.74, 6) is -0.646. The van der Waals surface area contributed by atoms with Crippen molar-refractivity contribution < 1.29 is 9.59 Å². The maximum atomic E-state index is 12.6. The third-order valence-corrected chi connectivity index (χ3v) is 4.01. The van der Waals surface area contributed by atoms with Crippen LogP contribution in [-0.2, 0) is 4.79 Å². The Morgan fingerprint density at radius 3 is 2.81 bits per heavy atom. The van der Waals surface area contributed by atoms with Gasteiger partial charge in [-0.3, -0.25) is 9.59 Å². The number of nitrogens with zero attached hydrogens (tertiary/aromatic N) is 1. The van der Waals surface area contributed by atoms with E-state index in [1.54, 1.807) is 17.0 Å². The van der Waals surface area contributed by atoms with Gasteiger partial charge in [0.1, 0.15) is 11.7 Å². The number of amides is 2. The number of likely N-dealkylation sites (tertiary alicyclic amines) is 1. The van der Waals surface area contributed by atoms with E-state index in [1.165, 1.54) is 0 Å². The van der Waals surface area contributed by atoms with Gasteiger partial charge in [-0.15, -0.1) is 0 Å². The predicted molar refractivity (Wildman–Crippen MR) is 80.6 cm³/mol. The smallest absolute Gasteiger partial charge is 0.270 e. The number of rotatable bonds is 2. The van der Waals surface area contributed by atoms with Crippen LogP contribution in [0, 0.1) is 0 Å². The molecule has 1 unspecified atom stereocenters. The molecule has 0 aliphatic carbocycles. The number of para-hydroxylation sites is 1. The van der Waals surface area contributed by atoms with E-state index in [0.717, 1.165) is 23.7 Å². The average Bonchev–Trinajstić information content (AvgIpc) is 2.92. The van der Waals surface area contributed by atoms with Crippen molar-refractivity contribution in [3.63, 3.8) is 0 Å². The molecule has 1 aromatic heterocycles. The Balaban J connectivity index is 1.95. The topological polar surface area (TPSA) is 105 Å². The third-order valence-electron chi connectivity index (χ3n) is 4.01. The summed E-state index contributed by atoms with van der Waals surface area (Å²) >= 11 is 0. The summed E-state index contributed by atoms with van der Waals surface area (Å²) in [5, 5.41) is 0.881. The van der Waals surface area contributed by atoms with Crippen LogP contribution < -0.4 is 11.5 Å². The Kier molecular flexibility index (Phi) is 3.29. The van der Waals surface area contributed by atoms with E-state index in [4.69, 9.17) is 11.5 Å². The van der Waals surface area contributed by atoms with Crippen LogP contribution in [0.5, 0.6) is 0 Å². The number of aromatic nitrogens is 1. The number of carbonyl (C=O) groups is 2. The van der Waals surface area contributed by atoms with Crippen molar-refractivity contribution in [3.8, 4) is 0 Å². The van der Waals surface area contributed by atoms with Crippen LogP contribution in [0.3, 0.4) is 0 Å². The molecule has 21 heavy (non-hydrogen) atoms. The first-order chi connectivity index (χ1) is 10.1. The summed E-state index contributed by atoms with van der Waals surface area (Å²) in [6, 6.07) is 6.75. The van der Waals surface area contributed by atoms with Crippen molar-refractivity contribution in [3.05, 3.63) is 30.0 Å². The molecule has 5 N–H and O–H groups in total. The number of H-pyrrole nitrogens is 1. The molecule has 6 heteroatoms. The summed E-state index contributed by atoms with van der Waals surface area (Å²) in [4.78, 5) is 28.8. The average molecular weight is 286 g/mol. The highest BCUT2D eigenvalue weighted by Crippen LogP contribution is 2.24. The second kappa shape index (κ2) is 5.12.